The van der Waals surface area contributed by atoms with Crippen molar-refractivity contribution in [2.45, 2.75) is 30.2 Å². The van der Waals surface area contributed by atoms with Crippen LogP contribution in [0.2, 0.25) is 0 Å². The number of morpholine rings is 1. The maximum absolute atomic E-state index is 12.8. The Hall–Kier alpha value is -2.68. The van der Waals surface area contributed by atoms with Gasteiger partial charge in [-0.15, -0.1) is 0 Å². The van der Waals surface area contributed by atoms with Crippen LogP contribution in [0.4, 0.5) is 4.79 Å². The lowest BCUT2D eigenvalue weighted by Gasteiger charge is -2.36. The van der Waals surface area contributed by atoms with Crippen molar-refractivity contribution in [3.05, 3.63) is 36.4 Å². The van der Waals surface area contributed by atoms with Crippen molar-refractivity contribution >= 4 is 21.8 Å². The van der Waals surface area contributed by atoms with Gasteiger partial charge in [0.25, 0.3) is 10.8 Å². The average molecular weight is 468 g/mol. The zero-order valence-corrected chi connectivity index (χ0v) is 19.1. The summed E-state index contributed by atoms with van der Waals surface area (Å²) in [7, 11) is -4.14. The van der Waals surface area contributed by atoms with Crippen LogP contribution in [0, 0.1) is 11.3 Å². The Bertz CT molecular complexity index is 878. The SMILES string of the molecule is CC(OC(=O)N1CCOCC1)(C(=O)NC1(C#N)CCOCC1)S(C)(=O)=O.c1ccccc1. The Kier molecular flexibility index (Phi) is 9.00. The summed E-state index contributed by atoms with van der Waals surface area (Å²) in [6, 6.07) is 14.0. The third-order valence-corrected chi connectivity index (χ3v) is 6.94. The molecule has 2 amide bonds. The molecule has 0 aromatic heterocycles. The van der Waals surface area contributed by atoms with Crippen LogP contribution in [0.25, 0.3) is 0 Å². The van der Waals surface area contributed by atoms with Gasteiger partial charge >= 0.3 is 6.09 Å². The molecule has 2 heterocycles. The van der Waals surface area contributed by atoms with Crippen LogP contribution < -0.4 is 5.32 Å². The van der Waals surface area contributed by atoms with Gasteiger partial charge in [0.2, 0.25) is 0 Å². The summed E-state index contributed by atoms with van der Waals surface area (Å²) in [4.78, 5) is 23.9. The number of rotatable bonds is 4. The summed E-state index contributed by atoms with van der Waals surface area (Å²) in [6.45, 7) is 2.61. The van der Waals surface area contributed by atoms with Gasteiger partial charge in [0, 0.05) is 45.4 Å². The predicted octanol–water partition coefficient (Wildman–Crippen LogP) is 1.09. The van der Waals surface area contributed by atoms with Crippen molar-refractivity contribution < 1.29 is 32.2 Å². The predicted molar refractivity (Wildman–Crippen MR) is 115 cm³/mol. The third kappa shape index (κ3) is 6.66. The van der Waals surface area contributed by atoms with Crippen molar-refractivity contribution in [2.75, 3.05) is 45.8 Å². The number of nitriles is 1. The lowest BCUT2D eigenvalue weighted by molar-refractivity contribution is -0.134. The highest BCUT2D eigenvalue weighted by atomic mass is 32.2. The maximum Gasteiger partial charge on any atom is 0.411 e. The molecular weight excluding hydrogens is 438 g/mol. The van der Waals surface area contributed by atoms with Gasteiger partial charge in [-0.3, -0.25) is 4.79 Å². The fraction of sp³-hybridized carbons (Fsp3) is 0.571. The smallest absolute Gasteiger partial charge is 0.411 e. The first-order chi connectivity index (χ1) is 15.1. The molecule has 0 bridgehead atoms. The molecular formula is C21H29N3O7S. The van der Waals surface area contributed by atoms with Crippen molar-refractivity contribution in [1.82, 2.24) is 10.2 Å². The molecule has 10 nitrogen and oxygen atoms in total. The molecule has 1 aromatic rings. The second kappa shape index (κ2) is 11.3. The van der Waals surface area contributed by atoms with E-state index in [0.29, 0.717) is 13.2 Å². The molecule has 1 unspecified atom stereocenters. The lowest BCUT2D eigenvalue weighted by atomic mass is 9.91. The molecule has 0 aliphatic carbocycles. The second-order valence-electron chi connectivity index (χ2n) is 7.60. The summed E-state index contributed by atoms with van der Waals surface area (Å²) >= 11 is 0. The number of sulfone groups is 1. The van der Waals surface area contributed by atoms with Gasteiger partial charge < -0.3 is 24.4 Å². The van der Waals surface area contributed by atoms with Crippen molar-refractivity contribution in [3.8, 4) is 6.07 Å². The molecule has 11 heteroatoms. The van der Waals surface area contributed by atoms with Gasteiger partial charge in [-0.2, -0.15) is 5.26 Å². The number of carbonyl (C=O) groups is 2. The molecule has 0 spiro atoms. The molecule has 3 rings (SSSR count). The van der Waals surface area contributed by atoms with Crippen LogP contribution in [-0.2, 0) is 28.8 Å². The Labute approximate surface area is 188 Å². The summed E-state index contributed by atoms with van der Waals surface area (Å²) < 4.78 is 40.0. The van der Waals surface area contributed by atoms with Gasteiger partial charge in [0.1, 0.15) is 5.54 Å². The Balaban J connectivity index is 0.000000520. The van der Waals surface area contributed by atoms with Crippen LogP contribution in [0.15, 0.2) is 36.4 Å². The average Bonchev–Trinajstić information content (AvgIpc) is 2.81. The van der Waals surface area contributed by atoms with Crippen molar-refractivity contribution in [3.63, 3.8) is 0 Å². The fourth-order valence-electron chi connectivity index (χ4n) is 2.97. The Morgan fingerprint density at radius 3 is 1.94 bits per heavy atom. The number of hydrogen-bond acceptors (Lipinski definition) is 8. The van der Waals surface area contributed by atoms with Gasteiger partial charge in [-0.25, -0.2) is 13.2 Å². The standard InChI is InChI=1S/C15H23N3O7S.C6H6/c1-14(26(2,21)22,25-13(20)18-5-9-24-10-6-18)12(19)17-15(11-16)3-7-23-8-4-15;1-2-4-6-5-3-1/h3-10H2,1-2H3,(H,17,19);1-6H. The summed E-state index contributed by atoms with van der Waals surface area (Å²) in [5.74, 6) is -1.05. The normalized spacial score (nSPS) is 19.8. The van der Waals surface area contributed by atoms with E-state index in [9.17, 15) is 23.3 Å². The minimum Gasteiger partial charge on any atom is -0.417 e. The third-order valence-electron chi connectivity index (χ3n) is 5.25. The van der Waals surface area contributed by atoms with Gasteiger partial charge in [0.05, 0.1) is 19.3 Å². The van der Waals surface area contributed by atoms with Crippen LogP contribution in [0.3, 0.4) is 0 Å². The van der Waals surface area contributed by atoms with E-state index in [-0.39, 0.29) is 39.1 Å². The highest BCUT2D eigenvalue weighted by Crippen LogP contribution is 2.25. The van der Waals surface area contributed by atoms with E-state index in [2.05, 4.69) is 5.32 Å². The highest BCUT2D eigenvalue weighted by Gasteiger charge is 2.51. The first-order valence-electron chi connectivity index (χ1n) is 10.2. The molecule has 1 N–H and O–H groups in total. The second-order valence-corrected chi connectivity index (χ2v) is 9.92. The highest BCUT2D eigenvalue weighted by molar-refractivity contribution is 7.92. The topological polar surface area (TPSA) is 135 Å². The van der Waals surface area contributed by atoms with Gasteiger partial charge in [-0.05, 0) is 6.92 Å². The maximum atomic E-state index is 12.8. The number of nitrogens with zero attached hydrogens (tertiary/aromatic N) is 2. The molecule has 1 aromatic carbocycles. The summed E-state index contributed by atoms with van der Waals surface area (Å²) in [5, 5.41) is 11.9. The van der Waals surface area contributed by atoms with E-state index in [0.717, 1.165) is 13.2 Å². The molecule has 2 aliphatic heterocycles. The first-order valence-corrected chi connectivity index (χ1v) is 12.1. The van der Waals surface area contributed by atoms with Gasteiger partial charge in [-0.1, -0.05) is 36.4 Å². The van der Waals surface area contributed by atoms with Crippen LogP contribution in [0.5, 0.6) is 0 Å². The van der Waals surface area contributed by atoms with E-state index in [4.69, 9.17) is 14.2 Å². The zero-order chi connectivity index (χ0) is 23.7. The molecule has 2 saturated heterocycles. The number of carbonyl (C=O) groups excluding carboxylic acids is 2. The van der Waals surface area contributed by atoms with E-state index < -0.39 is 32.3 Å². The quantitative estimate of drug-likeness (QED) is 0.695. The number of hydrogen-bond donors (Lipinski definition) is 1. The largest absolute Gasteiger partial charge is 0.417 e. The minimum atomic E-state index is -4.14. The number of benzene rings is 1. The van der Waals surface area contributed by atoms with Gasteiger partial charge in [0.15, 0.2) is 9.84 Å². The Morgan fingerprint density at radius 1 is 1.03 bits per heavy atom. The zero-order valence-electron chi connectivity index (χ0n) is 18.3. The number of ether oxygens (including phenoxy) is 3. The first kappa shape index (κ1) is 25.6. The molecule has 176 valence electrons. The van der Waals surface area contributed by atoms with Crippen LogP contribution >= 0.6 is 0 Å². The molecule has 32 heavy (non-hydrogen) atoms. The monoisotopic (exact) mass is 467 g/mol. The van der Waals surface area contributed by atoms with Crippen molar-refractivity contribution in [1.29, 1.82) is 5.26 Å². The molecule has 0 radical (unpaired) electrons. The minimum absolute atomic E-state index is 0.215. The van der Waals surface area contributed by atoms with Crippen LogP contribution in [-0.4, -0.2) is 81.6 Å². The summed E-state index contributed by atoms with van der Waals surface area (Å²) in [5.41, 5.74) is -1.26. The van der Waals surface area contributed by atoms with Crippen LogP contribution in [0.1, 0.15) is 19.8 Å². The number of amides is 2. The van der Waals surface area contributed by atoms with E-state index in [1.807, 2.05) is 42.5 Å². The Morgan fingerprint density at radius 2 is 1.50 bits per heavy atom. The number of nitrogens with one attached hydrogen (secondary N) is 1. The molecule has 1 atom stereocenters. The van der Waals surface area contributed by atoms with E-state index in [1.54, 1.807) is 0 Å². The molecule has 0 saturated carbocycles. The van der Waals surface area contributed by atoms with E-state index >= 15 is 0 Å². The molecule has 2 aliphatic rings. The fourth-order valence-corrected chi connectivity index (χ4v) is 3.58. The van der Waals surface area contributed by atoms with Crippen molar-refractivity contribution in [2.24, 2.45) is 0 Å². The lowest BCUT2D eigenvalue weighted by Crippen LogP contribution is -2.61. The summed E-state index contributed by atoms with van der Waals surface area (Å²) in [6.07, 6.45) is 0.315. The van der Waals surface area contributed by atoms with E-state index in [1.165, 1.54) is 4.90 Å². The molecule has 2 fully saturated rings.